The molecule has 8 heteroatoms. The molecule has 0 radical (unpaired) electrons. The van der Waals surface area contributed by atoms with Crippen LogP contribution in [0.15, 0.2) is 35.7 Å². The molecule has 3 rings (SSSR count). The molecule has 3 aromatic rings. The Hall–Kier alpha value is -3.13. The minimum absolute atomic E-state index is 0.0403. The lowest BCUT2D eigenvalue weighted by atomic mass is 10.1. The van der Waals surface area contributed by atoms with Gasteiger partial charge in [-0.25, -0.2) is 9.97 Å². The Morgan fingerprint density at radius 2 is 2.00 bits per heavy atom. The van der Waals surface area contributed by atoms with Crippen molar-refractivity contribution in [3.63, 3.8) is 0 Å². The van der Waals surface area contributed by atoms with E-state index >= 15 is 0 Å². The molecule has 0 aliphatic carbocycles. The number of anilines is 1. The van der Waals surface area contributed by atoms with Gasteiger partial charge in [-0.2, -0.15) is 0 Å². The van der Waals surface area contributed by atoms with Gasteiger partial charge in [0.2, 0.25) is 5.91 Å². The summed E-state index contributed by atoms with van der Waals surface area (Å²) in [4.78, 5) is 32.7. The maximum Gasteiger partial charge on any atom is 0.278 e. The molecule has 26 heavy (non-hydrogen) atoms. The highest BCUT2D eigenvalue weighted by Crippen LogP contribution is 2.25. The third-order valence-electron chi connectivity index (χ3n) is 3.79. The van der Waals surface area contributed by atoms with E-state index in [0.717, 1.165) is 5.69 Å². The van der Waals surface area contributed by atoms with Crippen LogP contribution in [0.1, 0.15) is 25.2 Å². The van der Waals surface area contributed by atoms with E-state index in [1.54, 1.807) is 41.3 Å². The molecule has 0 N–H and O–H groups in total. The van der Waals surface area contributed by atoms with E-state index in [0.29, 0.717) is 28.3 Å². The van der Waals surface area contributed by atoms with Crippen LogP contribution in [0.2, 0.25) is 0 Å². The minimum atomic E-state index is -0.412. The number of fused-ring (bicyclic) bond motifs is 1. The van der Waals surface area contributed by atoms with Gasteiger partial charge in [0, 0.05) is 24.9 Å². The van der Waals surface area contributed by atoms with Gasteiger partial charge in [-0.3, -0.25) is 19.8 Å². The van der Waals surface area contributed by atoms with Crippen molar-refractivity contribution in [3.05, 3.63) is 57.2 Å². The molecule has 0 aliphatic rings. The van der Waals surface area contributed by atoms with Crippen molar-refractivity contribution in [2.24, 2.45) is 0 Å². The Morgan fingerprint density at radius 3 is 2.69 bits per heavy atom. The van der Waals surface area contributed by atoms with Gasteiger partial charge < -0.3 is 0 Å². The molecule has 132 valence electrons. The Bertz CT molecular complexity index is 1010. The fraction of sp³-hybridized carbons (Fsp3) is 0.167. The highest BCUT2D eigenvalue weighted by atomic mass is 32.1. The van der Waals surface area contributed by atoms with E-state index in [1.807, 2.05) is 12.3 Å². The van der Waals surface area contributed by atoms with Gasteiger partial charge in [-0.1, -0.05) is 6.07 Å². The van der Waals surface area contributed by atoms with Gasteiger partial charge in [0.15, 0.2) is 5.13 Å². The average Bonchev–Trinajstić information content (AvgIpc) is 3.08. The maximum atomic E-state index is 11.6. The second-order valence-corrected chi connectivity index (χ2v) is 6.33. The molecule has 0 atom stereocenters. The molecule has 0 saturated heterocycles. The predicted octanol–water partition coefficient (Wildman–Crippen LogP) is 4.14. The number of carbonyl (C=O) groups is 1. The standard InChI is InChI=1S/C18H16N4O3S/c1-3-21(12(2)23)18-20-14(11-26-18)8-7-13-9-10-15-16(19-13)5-4-6-17(15)22(24)25/h4-11H,3H2,1-2H3/b8-7+. The zero-order valence-electron chi connectivity index (χ0n) is 14.2. The van der Waals surface area contributed by atoms with Gasteiger partial charge >= 0.3 is 0 Å². The molecular weight excluding hydrogens is 352 g/mol. The lowest BCUT2D eigenvalue weighted by Crippen LogP contribution is -2.27. The number of hydrogen-bond acceptors (Lipinski definition) is 6. The Morgan fingerprint density at radius 1 is 1.23 bits per heavy atom. The SMILES string of the molecule is CCN(C(C)=O)c1nc(/C=C/c2ccc3c([N+](=O)[O-])cccc3n2)cs1. The number of aromatic nitrogens is 2. The first kappa shape index (κ1) is 17.7. The highest BCUT2D eigenvalue weighted by Gasteiger charge is 2.13. The molecule has 0 bridgehead atoms. The number of rotatable bonds is 5. The van der Waals surface area contributed by atoms with Crippen molar-refractivity contribution in [3.8, 4) is 0 Å². The normalized spacial score (nSPS) is 11.2. The highest BCUT2D eigenvalue weighted by molar-refractivity contribution is 7.14. The molecule has 0 fully saturated rings. The summed E-state index contributed by atoms with van der Waals surface area (Å²) < 4.78 is 0. The van der Waals surface area contributed by atoms with E-state index < -0.39 is 4.92 Å². The Kier molecular flexibility index (Phi) is 5.04. The number of nitro groups is 1. The van der Waals surface area contributed by atoms with Gasteiger partial charge in [0.1, 0.15) is 0 Å². The smallest absolute Gasteiger partial charge is 0.278 e. The van der Waals surface area contributed by atoms with Crippen LogP contribution in [0.5, 0.6) is 0 Å². The second kappa shape index (κ2) is 7.40. The number of nitro benzene ring substituents is 1. The van der Waals surface area contributed by atoms with Crippen LogP contribution >= 0.6 is 11.3 Å². The molecule has 1 aromatic carbocycles. The molecule has 0 unspecified atom stereocenters. The van der Waals surface area contributed by atoms with Crippen molar-refractivity contribution >= 4 is 51.1 Å². The quantitative estimate of drug-likeness (QED) is 0.499. The fourth-order valence-electron chi connectivity index (χ4n) is 2.55. The number of pyridine rings is 1. The van der Waals surface area contributed by atoms with Crippen molar-refractivity contribution in [1.29, 1.82) is 0 Å². The first-order valence-corrected chi connectivity index (χ1v) is 8.83. The number of benzene rings is 1. The minimum Gasteiger partial charge on any atom is -0.289 e. The summed E-state index contributed by atoms with van der Waals surface area (Å²) in [5.41, 5.74) is 2.00. The number of non-ortho nitro benzene ring substituents is 1. The summed E-state index contributed by atoms with van der Waals surface area (Å²) in [5, 5.41) is 14.1. The molecule has 2 aromatic heterocycles. The largest absolute Gasteiger partial charge is 0.289 e. The maximum absolute atomic E-state index is 11.6. The van der Waals surface area contributed by atoms with Gasteiger partial charge in [-0.15, -0.1) is 11.3 Å². The summed E-state index contributed by atoms with van der Waals surface area (Å²) in [6.07, 6.45) is 3.60. The molecule has 0 saturated carbocycles. The zero-order valence-corrected chi connectivity index (χ0v) is 15.1. The summed E-state index contributed by atoms with van der Waals surface area (Å²) in [6, 6.07) is 8.25. The Labute approximate surface area is 153 Å². The van der Waals surface area contributed by atoms with E-state index in [9.17, 15) is 14.9 Å². The van der Waals surface area contributed by atoms with Crippen molar-refractivity contribution in [2.45, 2.75) is 13.8 Å². The third kappa shape index (κ3) is 3.60. The van der Waals surface area contributed by atoms with E-state index in [1.165, 1.54) is 24.3 Å². The first-order valence-electron chi connectivity index (χ1n) is 7.95. The van der Waals surface area contributed by atoms with Crippen molar-refractivity contribution < 1.29 is 9.72 Å². The number of amides is 1. The number of carbonyl (C=O) groups excluding carboxylic acids is 1. The van der Waals surface area contributed by atoms with Crippen LogP contribution in [-0.4, -0.2) is 27.3 Å². The number of hydrogen-bond donors (Lipinski definition) is 0. The van der Waals surface area contributed by atoms with Gasteiger partial charge in [0.25, 0.3) is 5.69 Å². The third-order valence-corrected chi connectivity index (χ3v) is 4.67. The average molecular weight is 368 g/mol. The molecular formula is C18H16N4O3S. The molecule has 7 nitrogen and oxygen atoms in total. The van der Waals surface area contributed by atoms with Crippen molar-refractivity contribution in [1.82, 2.24) is 9.97 Å². The van der Waals surface area contributed by atoms with Gasteiger partial charge in [0.05, 0.1) is 27.2 Å². The summed E-state index contributed by atoms with van der Waals surface area (Å²) in [6.45, 7) is 3.98. The topological polar surface area (TPSA) is 89.2 Å². The molecule has 1 amide bonds. The van der Waals surface area contributed by atoms with Crippen molar-refractivity contribution in [2.75, 3.05) is 11.4 Å². The predicted molar refractivity (Wildman–Crippen MR) is 103 cm³/mol. The van der Waals surface area contributed by atoms with E-state index in [-0.39, 0.29) is 11.6 Å². The van der Waals surface area contributed by atoms with Crippen LogP contribution in [-0.2, 0) is 4.79 Å². The zero-order chi connectivity index (χ0) is 18.7. The molecule has 0 aliphatic heterocycles. The molecule has 2 heterocycles. The summed E-state index contributed by atoms with van der Waals surface area (Å²) in [7, 11) is 0. The van der Waals surface area contributed by atoms with Crippen LogP contribution < -0.4 is 4.90 Å². The number of nitrogens with zero attached hydrogens (tertiary/aromatic N) is 4. The summed E-state index contributed by atoms with van der Waals surface area (Å²) >= 11 is 1.40. The molecule has 0 spiro atoms. The Balaban J connectivity index is 1.86. The second-order valence-electron chi connectivity index (χ2n) is 5.49. The van der Waals surface area contributed by atoms with E-state index in [2.05, 4.69) is 9.97 Å². The summed E-state index contributed by atoms with van der Waals surface area (Å²) in [5.74, 6) is -0.0461. The van der Waals surface area contributed by atoms with Crippen LogP contribution in [0.25, 0.3) is 23.1 Å². The lowest BCUT2D eigenvalue weighted by Gasteiger charge is -2.14. The number of thiazole rings is 1. The van der Waals surface area contributed by atoms with Crippen LogP contribution in [0, 0.1) is 10.1 Å². The van der Waals surface area contributed by atoms with Crippen LogP contribution in [0.3, 0.4) is 0 Å². The van der Waals surface area contributed by atoms with Gasteiger partial charge in [-0.05, 0) is 37.3 Å². The first-order chi connectivity index (χ1) is 12.5. The fourth-order valence-corrected chi connectivity index (χ4v) is 3.45. The lowest BCUT2D eigenvalue weighted by molar-refractivity contribution is -0.383. The van der Waals surface area contributed by atoms with Crippen LogP contribution in [0.4, 0.5) is 10.8 Å². The monoisotopic (exact) mass is 368 g/mol. The van der Waals surface area contributed by atoms with E-state index in [4.69, 9.17) is 0 Å².